The van der Waals surface area contributed by atoms with E-state index in [1.54, 1.807) is 28.5 Å². The Bertz CT molecular complexity index is 1340. The third-order valence-electron chi connectivity index (χ3n) is 6.50. The molecular formula is C23H22N2O6. The number of phenols is 2. The topological polar surface area (TPSA) is 113 Å². The number of aromatic hydroxyl groups is 2. The Hall–Kier alpha value is -3.55. The first-order chi connectivity index (χ1) is 14.8. The van der Waals surface area contributed by atoms with E-state index in [1.165, 1.54) is 12.1 Å². The van der Waals surface area contributed by atoms with Crippen LogP contribution in [0.25, 0.3) is 11.0 Å². The van der Waals surface area contributed by atoms with Crippen LogP contribution < -0.4 is 11.2 Å². The predicted octanol–water partition coefficient (Wildman–Crippen LogP) is 1.86. The van der Waals surface area contributed by atoms with E-state index in [-0.39, 0.29) is 52.4 Å². The lowest BCUT2D eigenvalue weighted by Crippen LogP contribution is -2.49. The number of phenolic OH excluding ortho intramolecular Hbond substituents is 2. The zero-order chi connectivity index (χ0) is 21.9. The van der Waals surface area contributed by atoms with Crippen molar-refractivity contribution in [2.75, 3.05) is 13.1 Å². The van der Waals surface area contributed by atoms with E-state index in [9.17, 15) is 24.6 Å². The number of nitrogens with zero attached hydrogens (tertiary/aromatic N) is 2. The molecular weight excluding hydrogens is 400 g/mol. The van der Waals surface area contributed by atoms with Gasteiger partial charge in [-0.15, -0.1) is 0 Å². The van der Waals surface area contributed by atoms with Crippen molar-refractivity contribution in [2.24, 2.45) is 5.92 Å². The summed E-state index contributed by atoms with van der Waals surface area (Å²) < 4.78 is 7.08. The molecule has 2 bridgehead atoms. The number of pyridine rings is 1. The number of piperidine rings is 1. The first-order valence-electron chi connectivity index (χ1n) is 10.3. The molecule has 2 unspecified atom stereocenters. The summed E-state index contributed by atoms with van der Waals surface area (Å²) in [5.74, 6) is -0.326. The number of aromatic nitrogens is 1. The number of amides is 1. The molecule has 2 N–H and O–H groups in total. The van der Waals surface area contributed by atoms with Gasteiger partial charge in [0.05, 0.1) is 17.4 Å². The number of benzene rings is 1. The van der Waals surface area contributed by atoms with Gasteiger partial charge < -0.3 is 24.1 Å². The van der Waals surface area contributed by atoms with Crippen LogP contribution in [0, 0.1) is 12.8 Å². The molecule has 0 saturated carbocycles. The van der Waals surface area contributed by atoms with E-state index < -0.39 is 5.63 Å². The van der Waals surface area contributed by atoms with Crippen LogP contribution in [0.5, 0.6) is 11.5 Å². The first kappa shape index (κ1) is 19.4. The average Bonchev–Trinajstić information content (AvgIpc) is 2.71. The van der Waals surface area contributed by atoms with Crippen LogP contribution in [0.2, 0.25) is 0 Å². The Morgan fingerprint density at radius 2 is 1.97 bits per heavy atom. The summed E-state index contributed by atoms with van der Waals surface area (Å²) in [5, 5.41) is 20.2. The van der Waals surface area contributed by atoms with E-state index in [0.717, 1.165) is 12.1 Å². The highest BCUT2D eigenvalue weighted by atomic mass is 16.4. The molecule has 0 aliphatic carbocycles. The Morgan fingerprint density at radius 3 is 2.77 bits per heavy atom. The minimum Gasteiger partial charge on any atom is -0.508 e. The fraction of sp³-hybridized carbons (Fsp3) is 0.348. The molecule has 2 aliphatic rings. The number of carbonyl (C=O) groups excluding carboxylic acids is 1. The van der Waals surface area contributed by atoms with Gasteiger partial charge in [-0.1, -0.05) is 6.07 Å². The summed E-state index contributed by atoms with van der Waals surface area (Å²) in [6.07, 6.45) is 0.799. The minimum atomic E-state index is -0.655. The molecule has 8 nitrogen and oxygen atoms in total. The molecule has 4 heterocycles. The highest BCUT2D eigenvalue weighted by Crippen LogP contribution is 2.36. The summed E-state index contributed by atoms with van der Waals surface area (Å²) in [7, 11) is 0. The van der Waals surface area contributed by atoms with Crippen molar-refractivity contribution in [2.45, 2.75) is 32.2 Å². The van der Waals surface area contributed by atoms with Gasteiger partial charge in [0.15, 0.2) is 0 Å². The molecule has 160 valence electrons. The summed E-state index contributed by atoms with van der Waals surface area (Å²) >= 11 is 0. The van der Waals surface area contributed by atoms with Gasteiger partial charge in [0.1, 0.15) is 17.1 Å². The molecule has 2 aliphatic heterocycles. The molecule has 1 fully saturated rings. The maximum absolute atomic E-state index is 13.1. The first-order valence-corrected chi connectivity index (χ1v) is 10.3. The van der Waals surface area contributed by atoms with Crippen molar-refractivity contribution in [1.82, 2.24) is 9.47 Å². The van der Waals surface area contributed by atoms with Gasteiger partial charge in [-0.25, -0.2) is 4.79 Å². The Labute approximate surface area is 177 Å². The van der Waals surface area contributed by atoms with Crippen LogP contribution in [-0.4, -0.2) is 38.7 Å². The Balaban J connectivity index is 1.45. The second-order valence-electron chi connectivity index (χ2n) is 8.50. The number of hydrogen-bond donors (Lipinski definition) is 2. The predicted molar refractivity (Wildman–Crippen MR) is 112 cm³/mol. The number of aryl methyl sites for hydroxylation is 1. The molecule has 1 amide bonds. The van der Waals surface area contributed by atoms with E-state index in [1.807, 2.05) is 6.07 Å². The zero-order valence-electron chi connectivity index (χ0n) is 17.0. The number of hydrogen-bond acceptors (Lipinski definition) is 6. The van der Waals surface area contributed by atoms with Crippen molar-refractivity contribution in [3.63, 3.8) is 0 Å². The fourth-order valence-corrected chi connectivity index (χ4v) is 5.08. The molecule has 2 aromatic heterocycles. The van der Waals surface area contributed by atoms with Crippen LogP contribution in [0.3, 0.4) is 0 Å². The zero-order valence-corrected chi connectivity index (χ0v) is 17.0. The van der Waals surface area contributed by atoms with Crippen LogP contribution >= 0.6 is 0 Å². The van der Waals surface area contributed by atoms with Gasteiger partial charge in [0.25, 0.3) is 5.56 Å². The van der Waals surface area contributed by atoms with Gasteiger partial charge in [-0.3, -0.25) is 9.59 Å². The summed E-state index contributed by atoms with van der Waals surface area (Å²) in [6.45, 7) is 3.28. The number of rotatable bonds is 2. The quantitative estimate of drug-likeness (QED) is 0.610. The average molecular weight is 422 g/mol. The van der Waals surface area contributed by atoms with Gasteiger partial charge >= 0.3 is 5.63 Å². The lowest BCUT2D eigenvalue weighted by Gasteiger charge is -2.42. The maximum atomic E-state index is 13.1. The van der Waals surface area contributed by atoms with Gasteiger partial charge in [-0.05, 0) is 30.9 Å². The highest BCUT2D eigenvalue weighted by molar-refractivity contribution is 5.90. The monoisotopic (exact) mass is 422 g/mol. The fourth-order valence-electron chi connectivity index (χ4n) is 5.08. The molecule has 0 radical (unpaired) electrons. The van der Waals surface area contributed by atoms with E-state index >= 15 is 0 Å². The molecule has 31 heavy (non-hydrogen) atoms. The van der Waals surface area contributed by atoms with Crippen LogP contribution in [-0.2, 0) is 17.8 Å². The second kappa shape index (κ2) is 7.01. The van der Waals surface area contributed by atoms with E-state index in [0.29, 0.717) is 30.6 Å². The van der Waals surface area contributed by atoms with Gasteiger partial charge in [0, 0.05) is 49.4 Å². The van der Waals surface area contributed by atoms with Crippen LogP contribution in [0.1, 0.15) is 29.2 Å². The Kier molecular flexibility index (Phi) is 4.39. The highest BCUT2D eigenvalue weighted by Gasteiger charge is 2.36. The van der Waals surface area contributed by atoms with Gasteiger partial charge in [-0.2, -0.15) is 0 Å². The molecule has 5 rings (SSSR count). The lowest BCUT2D eigenvalue weighted by atomic mass is 9.83. The molecule has 3 aromatic rings. The van der Waals surface area contributed by atoms with Crippen molar-refractivity contribution in [1.29, 1.82) is 0 Å². The van der Waals surface area contributed by atoms with Gasteiger partial charge in [0.2, 0.25) is 5.91 Å². The third kappa shape index (κ3) is 3.19. The minimum absolute atomic E-state index is 0.0118. The van der Waals surface area contributed by atoms with Crippen LogP contribution in [0.15, 0.2) is 44.3 Å². The van der Waals surface area contributed by atoms with Crippen molar-refractivity contribution in [3.05, 3.63) is 67.9 Å². The lowest BCUT2D eigenvalue weighted by molar-refractivity contribution is -0.133. The third-order valence-corrected chi connectivity index (χ3v) is 6.50. The molecule has 1 aromatic carbocycles. The van der Waals surface area contributed by atoms with Crippen LogP contribution in [0.4, 0.5) is 0 Å². The maximum Gasteiger partial charge on any atom is 0.340 e. The standard InChI is InChI=1S/C23H22N2O6/c1-12-16(23(30)31-19-7-15(26)6-18(27)22(12)19)8-21(29)24-9-13-5-14(11-24)17-3-2-4-20(28)25(17)10-13/h2-4,6-7,13-14,26-27H,5,8-11H2,1H3. The normalized spacial score (nSPS) is 20.0. The molecule has 2 atom stereocenters. The molecule has 1 saturated heterocycles. The number of fused-ring (bicyclic) bond motifs is 5. The second-order valence-corrected chi connectivity index (χ2v) is 8.50. The van der Waals surface area contributed by atoms with E-state index in [4.69, 9.17) is 4.42 Å². The van der Waals surface area contributed by atoms with Crippen molar-refractivity contribution < 1.29 is 19.4 Å². The molecule has 8 heteroatoms. The van der Waals surface area contributed by atoms with Crippen molar-refractivity contribution in [3.8, 4) is 11.5 Å². The SMILES string of the molecule is Cc1c(CC(=O)N2CC3CC(C2)c2cccc(=O)n2C3)c(=O)oc2cc(O)cc(O)c12. The summed E-state index contributed by atoms with van der Waals surface area (Å²) in [6, 6.07) is 7.69. The smallest absolute Gasteiger partial charge is 0.340 e. The summed E-state index contributed by atoms with van der Waals surface area (Å²) in [5.41, 5.74) is 1.02. The number of carbonyl (C=O) groups is 1. The summed E-state index contributed by atoms with van der Waals surface area (Å²) in [4.78, 5) is 39.6. The van der Waals surface area contributed by atoms with E-state index in [2.05, 4.69) is 0 Å². The molecule has 0 spiro atoms. The van der Waals surface area contributed by atoms with Crippen molar-refractivity contribution >= 4 is 16.9 Å². The number of likely N-dealkylation sites (tertiary alicyclic amines) is 1. The largest absolute Gasteiger partial charge is 0.508 e. The Morgan fingerprint density at radius 1 is 1.16 bits per heavy atom.